The van der Waals surface area contributed by atoms with Gasteiger partial charge >= 0.3 is 6.03 Å². The van der Waals surface area contributed by atoms with E-state index in [0.717, 1.165) is 25.2 Å². The topological polar surface area (TPSA) is 43.9 Å². The van der Waals surface area contributed by atoms with Crippen LogP contribution >= 0.6 is 11.3 Å². The molecule has 2 aromatic rings. The Kier molecular flexibility index (Phi) is 4.54. The van der Waals surface area contributed by atoms with Gasteiger partial charge in [-0.2, -0.15) is 11.3 Å². The van der Waals surface area contributed by atoms with Gasteiger partial charge in [0.25, 0.3) is 5.91 Å². The van der Waals surface area contributed by atoms with Crippen molar-refractivity contribution in [1.29, 1.82) is 0 Å². The Hall–Kier alpha value is -2.18. The molecule has 0 N–H and O–H groups in total. The summed E-state index contributed by atoms with van der Waals surface area (Å²) in [7, 11) is 1.78. The zero-order valence-electron chi connectivity index (χ0n) is 14.9. The van der Waals surface area contributed by atoms with E-state index in [9.17, 15) is 9.59 Å². The molecule has 4 rings (SSSR count). The predicted octanol–water partition coefficient (Wildman–Crippen LogP) is 3.18. The lowest BCUT2D eigenvalue weighted by molar-refractivity contribution is -0.135. The Balaban J connectivity index is 1.46. The summed E-state index contributed by atoms with van der Waals surface area (Å²) >= 11 is 1.71. The summed E-state index contributed by atoms with van der Waals surface area (Å²) < 4.78 is 0. The van der Waals surface area contributed by atoms with Crippen LogP contribution in [0.25, 0.3) is 0 Å². The Labute approximate surface area is 157 Å². The van der Waals surface area contributed by atoms with Gasteiger partial charge in [-0.1, -0.05) is 30.3 Å². The van der Waals surface area contributed by atoms with Crippen molar-refractivity contribution in [3.63, 3.8) is 0 Å². The molecule has 0 radical (unpaired) electrons. The number of hydrogen-bond donors (Lipinski definition) is 0. The predicted molar refractivity (Wildman–Crippen MR) is 102 cm³/mol. The number of carbonyl (C=O) groups is 2. The lowest BCUT2D eigenvalue weighted by Gasteiger charge is -2.40. The van der Waals surface area contributed by atoms with Crippen molar-refractivity contribution in [2.45, 2.75) is 31.5 Å². The van der Waals surface area contributed by atoms with Gasteiger partial charge in [-0.05, 0) is 40.8 Å². The van der Waals surface area contributed by atoms with Crippen LogP contribution in [-0.4, -0.2) is 52.3 Å². The number of piperidine rings is 1. The van der Waals surface area contributed by atoms with E-state index in [-0.39, 0.29) is 11.9 Å². The molecule has 2 saturated heterocycles. The first-order chi connectivity index (χ1) is 12.6. The molecule has 0 unspecified atom stereocenters. The number of nitrogens with zero attached hydrogens (tertiary/aromatic N) is 3. The SMILES string of the molecule is CN1C(=O)N(Cc2ccccc2)C(=O)C12CCN(Cc1ccsc1)CC2. The number of likely N-dealkylation sites (tertiary alicyclic amines) is 1. The second-order valence-electron chi connectivity index (χ2n) is 7.16. The maximum atomic E-state index is 13.2. The van der Waals surface area contributed by atoms with Gasteiger partial charge in [0.15, 0.2) is 0 Å². The van der Waals surface area contributed by atoms with Crippen LogP contribution < -0.4 is 0 Å². The molecule has 5 nitrogen and oxygen atoms in total. The first kappa shape index (κ1) is 17.2. The van der Waals surface area contributed by atoms with Gasteiger partial charge in [0.05, 0.1) is 6.54 Å². The molecule has 3 heterocycles. The number of thiophene rings is 1. The molecule has 0 aliphatic carbocycles. The highest BCUT2D eigenvalue weighted by atomic mass is 32.1. The van der Waals surface area contributed by atoms with Crippen LogP contribution in [0.3, 0.4) is 0 Å². The number of urea groups is 1. The summed E-state index contributed by atoms with van der Waals surface area (Å²) in [6, 6.07) is 11.7. The number of hydrogen-bond acceptors (Lipinski definition) is 4. The van der Waals surface area contributed by atoms with Gasteiger partial charge in [0.2, 0.25) is 0 Å². The molecule has 2 aliphatic rings. The number of carbonyl (C=O) groups excluding carboxylic acids is 2. The van der Waals surface area contributed by atoms with Crippen molar-refractivity contribution in [3.05, 3.63) is 58.3 Å². The summed E-state index contributed by atoms with van der Waals surface area (Å²) in [5, 5.41) is 4.26. The molecule has 2 aliphatic heterocycles. The summed E-state index contributed by atoms with van der Waals surface area (Å²) in [6.07, 6.45) is 1.40. The third kappa shape index (κ3) is 2.93. The molecule has 0 saturated carbocycles. The number of amides is 3. The van der Waals surface area contributed by atoms with Crippen LogP contribution in [0.4, 0.5) is 4.79 Å². The summed E-state index contributed by atoms with van der Waals surface area (Å²) in [6.45, 7) is 2.93. The molecule has 136 valence electrons. The molecule has 3 amide bonds. The van der Waals surface area contributed by atoms with E-state index in [1.54, 1.807) is 23.3 Å². The Bertz CT molecular complexity index is 783. The van der Waals surface area contributed by atoms with E-state index in [0.29, 0.717) is 19.4 Å². The Morgan fingerprint density at radius 1 is 1.00 bits per heavy atom. The largest absolute Gasteiger partial charge is 0.327 e. The van der Waals surface area contributed by atoms with Gasteiger partial charge < -0.3 is 4.90 Å². The lowest BCUT2D eigenvalue weighted by atomic mass is 9.86. The maximum Gasteiger partial charge on any atom is 0.327 e. The van der Waals surface area contributed by atoms with E-state index in [1.165, 1.54) is 10.5 Å². The first-order valence-electron chi connectivity index (χ1n) is 8.97. The van der Waals surface area contributed by atoms with Crippen molar-refractivity contribution >= 4 is 23.3 Å². The van der Waals surface area contributed by atoms with Crippen molar-refractivity contribution in [1.82, 2.24) is 14.7 Å². The molecule has 2 fully saturated rings. The van der Waals surface area contributed by atoms with Crippen molar-refractivity contribution in [2.75, 3.05) is 20.1 Å². The molecule has 1 spiro atoms. The van der Waals surface area contributed by atoms with E-state index in [4.69, 9.17) is 0 Å². The van der Waals surface area contributed by atoms with E-state index in [1.807, 2.05) is 30.3 Å². The number of likely N-dealkylation sites (N-methyl/N-ethyl adjacent to an activating group) is 1. The molecule has 0 bridgehead atoms. The fourth-order valence-electron chi connectivity index (χ4n) is 4.02. The third-order valence-corrected chi connectivity index (χ3v) is 6.39. The quantitative estimate of drug-likeness (QED) is 0.778. The Morgan fingerprint density at radius 3 is 2.38 bits per heavy atom. The average molecular weight is 369 g/mol. The highest BCUT2D eigenvalue weighted by Gasteiger charge is 2.56. The second-order valence-corrected chi connectivity index (χ2v) is 7.94. The maximum absolute atomic E-state index is 13.2. The number of imide groups is 1. The van der Waals surface area contributed by atoms with Gasteiger partial charge in [0.1, 0.15) is 5.54 Å². The zero-order valence-corrected chi connectivity index (χ0v) is 15.7. The highest BCUT2D eigenvalue weighted by molar-refractivity contribution is 7.07. The van der Waals surface area contributed by atoms with Crippen LogP contribution in [0.2, 0.25) is 0 Å². The van der Waals surface area contributed by atoms with E-state index in [2.05, 4.69) is 21.7 Å². The lowest BCUT2D eigenvalue weighted by Crippen LogP contribution is -2.55. The molecule has 1 aromatic carbocycles. The van der Waals surface area contributed by atoms with E-state index >= 15 is 0 Å². The fraction of sp³-hybridized carbons (Fsp3) is 0.400. The van der Waals surface area contributed by atoms with Crippen LogP contribution in [0.1, 0.15) is 24.0 Å². The minimum absolute atomic E-state index is 0.0379. The van der Waals surface area contributed by atoms with Crippen LogP contribution in [-0.2, 0) is 17.9 Å². The summed E-state index contributed by atoms with van der Waals surface area (Å²) in [5.74, 6) is -0.0379. The molecule has 6 heteroatoms. The smallest absolute Gasteiger partial charge is 0.312 e. The molecular weight excluding hydrogens is 346 g/mol. The van der Waals surface area contributed by atoms with Crippen LogP contribution in [0.15, 0.2) is 47.2 Å². The monoisotopic (exact) mass is 369 g/mol. The summed E-state index contributed by atoms with van der Waals surface area (Å²) in [4.78, 5) is 31.4. The highest BCUT2D eigenvalue weighted by Crippen LogP contribution is 2.37. The first-order valence-corrected chi connectivity index (χ1v) is 9.91. The van der Waals surface area contributed by atoms with Gasteiger partial charge in [0, 0.05) is 26.7 Å². The fourth-order valence-corrected chi connectivity index (χ4v) is 4.68. The molecular formula is C20H23N3O2S. The zero-order chi connectivity index (χ0) is 18.1. The molecule has 1 aromatic heterocycles. The minimum Gasteiger partial charge on any atom is -0.312 e. The Morgan fingerprint density at radius 2 is 1.73 bits per heavy atom. The van der Waals surface area contributed by atoms with Crippen molar-refractivity contribution in [3.8, 4) is 0 Å². The van der Waals surface area contributed by atoms with Crippen LogP contribution in [0, 0.1) is 0 Å². The average Bonchev–Trinajstić information content (AvgIpc) is 3.23. The normalized spacial score (nSPS) is 20.3. The third-order valence-electron chi connectivity index (χ3n) is 5.66. The van der Waals surface area contributed by atoms with Crippen LogP contribution in [0.5, 0.6) is 0 Å². The van der Waals surface area contributed by atoms with Crippen molar-refractivity contribution in [2.24, 2.45) is 0 Å². The summed E-state index contributed by atoms with van der Waals surface area (Å²) in [5.41, 5.74) is 1.63. The standard InChI is InChI=1S/C20H23N3O2S/c1-21-19(25)23(14-16-5-3-2-4-6-16)18(24)20(21)8-10-22(11-9-20)13-17-7-12-26-15-17/h2-7,12,15H,8-11,13-14H2,1H3. The number of benzene rings is 1. The molecule has 26 heavy (non-hydrogen) atoms. The van der Waals surface area contributed by atoms with Gasteiger partial charge in [-0.3, -0.25) is 14.6 Å². The van der Waals surface area contributed by atoms with E-state index < -0.39 is 5.54 Å². The van der Waals surface area contributed by atoms with Gasteiger partial charge in [-0.15, -0.1) is 0 Å². The second kappa shape index (κ2) is 6.85. The van der Waals surface area contributed by atoms with Gasteiger partial charge in [-0.25, -0.2) is 4.79 Å². The number of rotatable bonds is 4. The van der Waals surface area contributed by atoms with Crippen molar-refractivity contribution < 1.29 is 9.59 Å². The molecule has 0 atom stereocenters. The minimum atomic E-state index is -0.670.